The van der Waals surface area contributed by atoms with Crippen LogP contribution in [0.25, 0.3) is 10.6 Å². The number of amides is 1. The number of aryl methyl sites for hydroxylation is 1. The highest BCUT2D eigenvalue weighted by Gasteiger charge is 2.23. The molecule has 2 heterocycles. The first-order valence-electron chi connectivity index (χ1n) is 7.74. The first-order chi connectivity index (χ1) is 11.6. The average Bonchev–Trinajstić information content (AvgIpc) is 3.24. The van der Waals surface area contributed by atoms with Crippen molar-refractivity contribution in [2.45, 2.75) is 26.3 Å². The normalized spacial score (nSPS) is 12.1. The third-order valence-electron chi connectivity index (χ3n) is 4.03. The summed E-state index contributed by atoms with van der Waals surface area (Å²) in [5.41, 5.74) is 2.71. The number of nitrogens with zero attached hydrogens (tertiary/aromatic N) is 3. The van der Waals surface area contributed by atoms with Crippen molar-refractivity contribution in [3.8, 4) is 10.6 Å². The molecule has 0 aliphatic heterocycles. The van der Waals surface area contributed by atoms with Gasteiger partial charge in [-0.2, -0.15) is 0 Å². The molecular weight excluding hydrogens is 322 g/mol. The van der Waals surface area contributed by atoms with Crippen molar-refractivity contribution in [1.29, 1.82) is 0 Å². The number of carbonyl (C=O) groups excluding carboxylic acids is 1. The fraction of sp³-hybridized carbons (Fsp3) is 0.278. The molecule has 0 saturated heterocycles. The van der Waals surface area contributed by atoms with Crippen LogP contribution in [0.2, 0.25) is 0 Å². The van der Waals surface area contributed by atoms with E-state index in [9.17, 15) is 4.79 Å². The van der Waals surface area contributed by atoms with E-state index >= 15 is 0 Å². The number of likely N-dealkylation sites (N-methyl/N-ethyl adjacent to an activating group) is 1. The molecule has 0 aliphatic carbocycles. The van der Waals surface area contributed by atoms with Crippen LogP contribution in [-0.2, 0) is 11.2 Å². The second kappa shape index (κ2) is 6.97. The van der Waals surface area contributed by atoms with Crippen molar-refractivity contribution >= 4 is 17.2 Å². The molecule has 1 amide bonds. The van der Waals surface area contributed by atoms with E-state index < -0.39 is 0 Å². The maximum atomic E-state index is 12.4. The molecule has 0 bridgehead atoms. The van der Waals surface area contributed by atoms with Gasteiger partial charge in [0, 0.05) is 18.7 Å². The monoisotopic (exact) mass is 341 g/mol. The van der Waals surface area contributed by atoms with Gasteiger partial charge < -0.3 is 9.42 Å². The summed E-state index contributed by atoms with van der Waals surface area (Å²) >= 11 is 1.64. The Hall–Kier alpha value is -2.47. The van der Waals surface area contributed by atoms with Gasteiger partial charge in [0.25, 0.3) is 0 Å². The number of hydrogen-bond donors (Lipinski definition) is 0. The van der Waals surface area contributed by atoms with E-state index in [1.807, 2.05) is 51.2 Å². The Labute approximate surface area is 144 Å². The molecule has 2 aromatic heterocycles. The van der Waals surface area contributed by atoms with E-state index in [1.165, 1.54) is 6.26 Å². The molecule has 0 radical (unpaired) electrons. The molecule has 1 aromatic carbocycles. The van der Waals surface area contributed by atoms with Gasteiger partial charge >= 0.3 is 0 Å². The van der Waals surface area contributed by atoms with Crippen LogP contribution >= 0.6 is 11.3 Å². The lowest BCUT2D eigenvalue weighted by molar-refractivity contribution is -0.131. The Bertz CT molecular complexity index is 812. The SMILES string of the molecule is Cc1nc(-c2ccccc2)sc1C(C)N(C)C(=O)Cc1ccon1. The molecule has 0 fully saturated rings. The van der Waals surface area contributed by atoms with Crippen molar-refractivity contribution in [3.63, 3.8) is 0 Å². The molecule has 1 atom stereocenters. The lowest BCUT2D eigenvalue weighted by Gasteiger charge is -2.24. The van der Waals surface area contributed by atoms with Crippen molar-refractivity contribution in [2.24, 2.45) is 0 Å². The maximum Gasteiger partial charge on any atom is 0.228 e. The van der Waals surface area contributed by atoms with Crippen molar-refractivity contribution in [2.75, 3.05) is 7.05 Å². The van der Waals surface area contributed by atoms with Crippen molar-refractivity contribution in [1.82, 2.24) is 15.0 Å². The number of benzene rings is 1. The largest absolute Gasteiger partial charge is 0.364 e. The predicted molar refractivity (Wildman–Crippen MR) is 93.7 cm³/mol. The van der Waals surface area contributed by atoms with Gasteiger partial charge in [0.05, 0.1) is 28.7 Å². The van der Waals surface area contributed by atoms with E-state index in [0.717, 1.165) is 21.1 Å². The molecule has 0 aliphatic rings. The van der Waals surface area contributed by atoms with Gasteiger partial charge in [0.1, 0.15) is 11.3 Å². The minimum absolute atomic E-state index is 0.00506. The summed E-state index contributed by atoms with van der Waals surface area (Å²) in [5, 5.41) is 4.78. The quantitative estimate of drug-likeness (QED) is 0.707. The smallest absolute Gasteiger partial charge is 0.228 e. The van der Waals surface area contributed by atoms with E-state index in [1.54, 1.807) is 22.3 Å². The van der Waals surface area contributed by atoms with Crippen LogP contribution in [0.3, 0.4) is 0 Å². The molecule has 124 valence electrons. The Kier molecular flexibility index (Phi) is 4.76. The van der Waals surface area contributed by atoms with E-state index in [4.69, 9.17) is 4.52 Å². The molecule has 6 heteroatoms. The van der Waals surface area contributed by atoms with Gasteiger partial charge in [0.15, 0.2) is 0 Å². The summed E-state index contributed by atoms with van der Waals surface area (Å²) in [6.45, 7) is 4.01. The standard InChI is InChI=1S/C18H19N3O2S/c1-12-17(24-18(19-12)14-7-5-4-6-8-14)13(2)21(3)16(22)11-15-9-10-23-20-15/h4-10,13H,11H2,1-3H3. The van der Waals surface area contributed by atoms with Gasteiger partial charge in [-0.05, 0) is 13.8 Å². The third-order valence-corrected chi connectivity index (χ3v) is 5.41. The average molecular weight is 341 g/mol. The summed E-state index contributed by atoms with van der Waals surface area (Å²) < 4.78 is 4.78. The molecular formula is C18H19N3O2S. The highest BCUT2D eigenvalue weighted by atomic mass is 32.1. The fourth-order valence-electron chi connectivity index (χ4n) is 2.50. The fourth-order valence-corrected chi connectivity index (χ4v) is 3.67. The number of aromatic nitrogens is 2. The van der Waals surface area contributed by atoms with E-state index in [2.05, 4.69) is 10.1 Å². The minimum Gasteiger partial charge on any atom is -0.364 e. The van der Waals surface area contributed by atoms with Gasteiger partial charge in [-0.15, -0.1) is 11.3 Å². The van der Waals surface area contributed by atoms with Gasteiger partial charge in [-0.3, -0.25) is 4.79 Å². The summed E-state index contributed by atoms with van der Waals surface area (Å²) in [5.74, 6) is 0.00506. The molecule has 3 aromatic rings. The lowest BCUT2D eigenvalue weighted by Crippen LogP contribution is -2.31. The summed E-state index contributed by atoms with van der Waals surface area (Å²) in [6, 6.07) is 11.8. The summed E-state index contributed by atoms with van der Waals surface area (Å²) in [7, 11) is 1.81. The van der Waals surface area contributed by atoms with Gasteiger partial charge in [0.2, 0.25) is 5.91 Å². The van der Waals surface area contributed by atoms with Crippen LogP contribution in [0.1, 0.15) is 29.2 Å². The zero-order chi connectivity index (χ0) is 17.1. The second-order valence-corrected chi connectivity index (χ2v) is 6.71. The molecule has 5 nitrogen and oxygen atoms in total. The van der Waals surface area contributed by atoms with Crippen molar-refractivity contribution in [3.05, 3.63) is 58.9 Å². The van der Waals surface area contributed by atoms with Crippen LogP contribution in [0.4, 0.5) is 0 Å². The first kappa shape index (κ1) is 16.4. The second-order valence-electron chi connectivity index (χ2n) is 5.68. The highest BCUT2D eigenvalue weighted by molar-refractivity contribution is 7.15. The minimum atomic E-state index is -0.0423. The molecule has 0 saturated carbocycles. The number of thiazole rings is 1. The summed E-state index contributed by atoms with van der Waals surface area (Å²) in [6.07, 6.45) is 1.71. The van der Waals surface area contributed by atoms with Gasteiger partial charge in [-0.25, -0.2) is 4.98 Å². The zero-order valence-electron chi connectivity index (χ0n) is 13.9. The van der Waals surface area contributed by atoms with Gasteiger partial charge in [-0.1, -0.05) is 35.5 Å². The first-order valence-corrected chi connectivity index (χ1v) is 8.55. The molecule has 0 spiro atoms. The number of hydrogen-bond acceptors (Lipinski definition) is 5. The Morgan fingerprint density at radius 2 is 2.04 bits per heavy atom. The highest BCUT2D eigenvalue weighted by Crippen LogP contribution is 2.33. The van der Waals surface area contributed by atoms with Crippen LogP contribution in [0, 0.1) is 6.92 Å². The topological polar surface area (TPSA) is 59.2 Å². The molecule has 3 rings (SSSR count). The Balaban J connectivity index is 1.78. The van der Waals surface area contributed by atoms with Crippen LogP contribution < -0.4 is 0 Å². The van der Waals surface area contributed by atoms with E-state index in [-0.39, 0.29) is 18.4 Å². The maximum absolute atomic E-state index is 12.4. The van der Waals surface area contributed by atoms with Crippen LogP contribution in [0.5, 0.6) is 0 Å². The third kappa shape index (κ3) is 3.38. The molecule has 1 unspecified atom stereocenters. The van der Waals surface area contributed by atoms with Crippen LogP contribution in [0.15, 0.2) is 47.2 Å². The molecule has 0 N–H and O–H groups in total. The zero-order valence-corrected chi connectivity index (χ0v) is 14.7. The van der Waals surface area contributed by atoms with E-state index in [0.29, 0.717) is 5.69 Å². The predicted octanol–water partition coefficient (Wildman–Crippen LogP) is 3.87. The number of carbonyl (C=O) groups is 1. The lowest BCUT2D eigenvalue weighted by atomic mass is 10.2. The Morgan fingerprint density at radius 3 is 2.71 bits per heavy atom. The molecule has 24 heavy (non-hydrogen) atoms. The summed E-state index contributed by atoms with van der Waals surface area (Å²) in [4.78, 5) is 20.0. The number of rotatable bonds is 5. The van der Waals surface area contributed by atoms with Crippen LogP contribution in [-0.4, -0.2) is 28.0 Å². The van der Waals surface area contributed by atoms with Crippen molar-refractivity contribution < 1.29 is 9.32 Å². The Morgan fingerprint density at radius 1 is 1.29 bits per heavy atom.